The van der Waals surface area contributed by atoms with Crippen LogP contribution in [0.1, 0.15) is 36.5 Å². The molecular weight excluding hydrogens is 428 g/mol. The topological polar surface area (TPSA) is 94.4 Å². The maximum atomic E-state index is 12.6. The van der Waals surface area contributed by atoms with Gasteiger partial charge in [-0.3, -0.25) is 4.79 Å². The predicted molar refractivity (Wildman–Crippen MR) is 123 cm³/mol. The van der Waals surface area contributed by atoms with Gasteiger partial charge in [-0.1, -0.05) is 18.7 Å². The molecule has 9 nitrogen and oxygen atoms in total. The molecule has 10 heteroatoms. The number of piperidine rings is 1. The van der Waals surface area contributed by atoms with Crippen LogP contribution in [0.2, 0.25) is 0 Å². The summed E-state index contributed by atoms with van der Waals surface area (Å²) in [6, 6.07) is 5.19. The Labute approximate surface area is 190 Å². The van der Waals surface area contributed by atoms with E-state index < -0.39 is 0 Å². The summed E-state index contributed by atoms with van der Waals surface area (Å²) >= 11 is 1.63. The number of carbonyl (C=O) groups is 1. The number of carbonyl (C=O) groups excluding carboxylic acids is 1. The molecule has 0 bridgehead atoms. The van der Waals surface area contributed by atoms with Crippen molar-refractivity contribution in [2.45, 2.75) is 37.9 Å². The number of aromatic nitrogens is 4. The van der Waals surface area contributed by atoms with E-state index in [0.717, 1.165) is 40.9 Å². The minimum absolute atomic E-state index is 0.161. The van der Waals surface area contributed by atoms with Crippen LogP contribution < -0.4 is 19.7 Å². The van der Waals surface area contributed by atoms with Gasteiger partial charge >= 0.3 is 0 Å². The molecule has 2 aliphatic heterocycles. The van der Waals surface area contributed by atoms with Crippen molar-refractivity contribution in [2.75, 3.05) is 37.1 Å². The van der Waals surface area contributed by atoms with E-state index >= 15 is 0 Å². The molecule has 4 heterocycles. The average Bonchev–Trinajstić information content (AvgIpc) is 3.46. The van der Waals surface area contributed by atoms with Gasteiger partial charge in [-0.2, -0.15) is 5.10 Å². The third-order valence-electron chi connectivity index (χ3n) is 5.63. The van der Waals surface area contributed by atoms with Crippen LogP contribution in [0.5, 0.6) is 11.5 Å². The Morgan fingerprint density at radius 2 is 2.00 bits per heavy atom. The van der Waals surface area contributed by atoms with Crippen molar-refractivity contribution in [1.29, 1.82) is 0 Å². The Morgan fingerprint density at radius 1 is 1.16 bits per heavy atom. The Balaban J connectivity index is 1.31. The van der Waals surface area contributed by atoms with Crippen LogP contribution in [0, 0.1) is 0 Å². The quantitative estimate of drug-likeness (QED) is 0.430. The molecule has 1 fully saturated rings. The molecule has 0 saturated carbocycles. The molecule has 1 N–H and O–H groups in total. The summed E-state index contributed by atoms with van der Waals surface area (Å²) in [6.45, 7) is 5.27. The summed E-state index contributed by atoms with van der Waals surface area (Å²) in [5, 5.41) is 9.25. The maximum absolute atomic E-state index is 12.6. The maximum Gasteiger partial charge on any atom is 0.251 e. The molecule has 2 aromatic heterocycles. The van der Waals surface area contributed by atoms with E-state index in [1.165, 1.54) is 19.3 Å². The lowest BCUT2D eigenvalue weighted by molar-refractivity contribution is 0.0951. The lowest BCUT2D eigenvalue weighted by atomic mass is 10.1. The van der Waals surface area contributed by atoms with Crippen molar-refractivity contribution >= 4 is 34.5 Å². The van der Waals surface area contributed by atoms with E-state index in [0.29, 0.717) is 30.2 Å². The van der Waals surface area contributed by atoms with Gasteiger partial charge in [-0.05, 0) is 43.2 Å². The molecule has 0 unspecified atom stereocenters. The first-order chi connectivity index (χ1) is 15.7. The number of fused-ring (bicyclic) bond motifs is 2. The lowest BCUT2D eigenvalue weighted by Gasteiger charge is -2.28. The number of hydrogen-bond acceptors (Lipinski definition) is 8. The van der Waals surface area contributed by atoms with Crippen LogP contribution in [0.15, 0.2) is 29.6 Å². The molecule has 0 aliphatic carbocycles. The summed E-state index contributed by atoms with van der Waals surface area (Å²) in [7, 11) is 0. The molecule has 1 saturated heterocycles. The van der Waals surface area contributed by atoms with Crippen LogP contribution in [-0.4, -0.2) is 57.8 Å². The van der Waals surface area contributed by atoms with Crippen molar-refractivity contribution in [3.05, 3.63) is 30.0 Å². The zero-order chi connectivity index (χ0) is 21.9. The average molecular weight is 455 g/mol. The number of amides is 1. The van der Waals surface area contributed by atoms with Gasteiger partial charge in [0, 0.05) is 25.2 Å². The number of hydrogen-bond donors (Lipinski definition) is 1. The molecule has 168 valence electrons. The SMILES string of the molecule is CCSc1nc(N2CCCCC2)c2cnn(CCNC(=O)c3ccc4c(c3)OCO4)c2n1. The monoisotopic (exact) mass is 454 g/mol. The molecule has 3 aromatic rings. The summed E-state index contributed by atoms with van der Waals surface area (Å²) < 4.78 is 12.5. The third-order valence-corrected chi connectivity index (χ3v) is 6.36. The number of benzene rings is 1. The van der Waals surface area contributed by atoms with E-state index in [4.69, 9.17) is 19.4 Å². The van der Waals surface area contributed by atoms with Crippen LogP contribution in [0.3, 0.4) is 0 Å². The number of nitrogens with one attached hydrogen (secondary N) is 1. The van der Waals surface area contributed by atoms with Crippen LogP contribution in [-0.2, 0) is 6.54 Å². The first kappa shape index (κ1) is 20.9. The van der Waals surface area contributed by atoms with E-state index in [1.807, 2.05) is 10.9 Å². The largest absolute Gasteiger partial charge is 0.454 e. The highest BCUT2D eigenvalue weighted by atomic mass is 32.2. The third kappa shape index (κ3) is 4.19. The van der Waals surface area contributed by atoms with Crippen molar-refractivity contribution in [3.63, 3.8) is 0 Å². The van der Waals surface area contributed by atoms with Gasteiger partial charge in [0.05, 0.1) is 18.1 Å². The highest BCUT2D eigenvalue weighted by Gasteiger charge is 2.20. The standard InChI is InChI=1S/C22H26N6O3S/c1-2-32-22-25-19(27-9-4-3-5-10-27)16-13-24-28(20(16)26-22)11-8-23-21(29)15-6-7-17-18(12-15)31-14-30-17/h6-7,12-13H,2-5,8-11,14H2,1H3,(H,23,29). The highest BCUT2D eigenvalue weighted by Crippen LogP contribution is 2.32. The Kier molecular flexibility index (Phi) is 6.02. The first-order valence-electron chi connectivity index (χ1n) is 11.0. The van der Waals surface area contributed by atoms with Crippen molar-refractivity contribution in [1.82, 2.24) is 25.1 Å². The number of anilines is 1. The number of nitrogens with zero attached hydrogens (tertiary/aromatic N) is 5. The smallest absolute Gasteiger partial charge is 0.251 e. The molecule has 1 amide bonds. The van der Waals surface area contributed by atoms with E-state index in [9.17, 15) is 4.79 Å². The van der Waals surface area contributed by atoms with Gasteiger partial charge in [0.15, 0.2) is 22.3 Å². The molecule has 32 heavy (non-hydrogen) atoms. The van der Waals surface area contributed by atoms with E-state index in [1.54, 1.807) is 30.0 Å². The Hall–Kier alpha value is -3.01. The van der Waals surface area contributed by atoms with Crippen molar-refractivity contribution < 1.29 is 14.3 Å². The molecule has 2 aliphatic rings. The zero-order valence-electron chi connectivity index (χ0n) is 18.0. The van der Waals surface area contributed by atoms with E-state index in [2.05, 4.69) is 22.2 Å². The number of ether oxygens (including phenoxy) is 2. The Morgan fingerprint density at radius 3 is 2.84 bits per heavy atom. The van der Waals surface area contributed by atoms with Crippen LogP contribution >= 0.6 is 11.8 Å². The Bertz CT molecular complexity index is 1130. The summed E-state index contributed by atoms with van der Waals surface area (Å²) in [5.74, 6) is 2.98. The molecule has 0 spiro atoms. The second-order valence-electron chi connectivity index (χ2n) is 7.74. The van der Waals surface area contributed by atoms with Gasteiger partial charge in [-0.25, -0.2) is 14.6 Å². The molecule has 1 aromatic carbocycles. The molecule has 0 atom stereocenters. The lowest BCUT2D eigenvalue weighted by Crippen LogP contribution is -2.30. The molecule has 5 rings (SSSR count). The van der Waals surface area contributed by atoms with Gasteiger partial charge in [-0.15, -0.1) is 0 Å². The summed E-state index contributed by atoms with van der Waals surface area (Å²) in [4.78, 5) is 24.5. The van der Waals surface area contributed by atoms with Gasteiger partial charge < -0.3 is 19.7 Å². The second kappa shape index (κ2) is 9.23. The van der Waals surface area contributed by atoms with Crippen LogP contribution in [0.4, 0.5) is 5.82 Å². The number of rotatable bonds is 7. The fourth-order valence-electron chi connectivity index (χ4n) is 4.04. The first-order valence-corrected chi connectivity index (χ1v) is 12.0. The minimum Gasteiger partial charge on any atom is -0.454 e. The van der Waals surface area contributed by atoms with Gasteiger partial charge in [0.2, 0.25) is 6.79 Å². The zero-order valence-corrected chi connectivity index (χ0v) is 18.9. The summed E-state index contributed by atoms with van der Waals surface area (Å²) in [6.07, 6.45) is 5.48. The van der Waals surface area contributed by atoms with Gasteiger partial charge in [0.25, 0.3) is 5.91 Å². The van der Waals surface area contributed by atoms with Crippen molar-refractivity contribution in [3.8, 4) is 11.5 Å². The van der Waals surface area contributed by atoms with E-state index in [-0.39, 0.29) is 12.7 Å². The number of thioether (sulfide) groups is 1. The molecule has 0 radical (unpaired) electrons. The fraction of sp³-hybridized carbons (Fsp3) is 0.455. The highest BCUT2D eigenvalue weighted by molar-refractivity contribution is 7.99. The molecular formula is C22H26N6O3S. The van der Waals surface area contributed by atoms with Gasteiger partial charge in [0.1, 0.15) is 5.82 Å². The van der Waals surface area contributed by atoms with Crippen molar-refractivity contribution in [2.24, 2.45) is 0 Å². The van der Waals surface area contributed by atoms with Crippen LogP contribution in [0.25, 0.3) is 11.0 Å². The normalized spacial score (nSPS) is 15.3. The fourth-order valence-corrected chi connectivity index (χ4v) is 4.60. The minimum atomic E-state index is -0.161. The summed E-state index contributed by atoms with van der Waals surface area (Å²) in [5.41, 5.74) is 1.35. The predicted octanol–water partition coefficient (Wildman–Crippen LogP) is 3.09. The second-order valence-corrected chi connectivity index (χ2v) is 8.97.